The molecule has 1 aromatic rings. The van der Waals surface area contributed by atoms with Crippen LogP contribution in [0.25, 0.3) is 0 Å². The van der Waals surface area contributed by atoms with E-state index in [4.69, 9.17) is 16.7 Å². The highest BCUT2D eigenvalue weighted by atomic mass is 35.5. The van der Waals surface area contributed by atoms with Gasteiger partial charge in [0.25, 0.3) is 0 Å². The lowest BCUT2D eigenvalue weighted by atomic mass is 10.1. The highest BCUT2D eigenvalue weighted by molar-refractivity contribution is 6.17. The zero-order chi connectivity index (χ0) is 13.9. The zero-order valence-corrected chi connectivity index (χ0v) is 9.67. The topological polar surface area (TPSA) is 68.7 Å². The van der Waals surface area contributed by atoms with E-state index in [9.17, 15) is 18.0 Å². The minimum atomic E-state index is -5.00. The van der Waals surface area contributed by atoms with Crippen molar-refractivity contribution in [3.8, 4) is 11.8 Å². The first-order valence-corrected chi connectivity index (χ1v) is 4.95. The maximum Gasteiger partial charge on any atom is 0.574 e. The van der Waals surface area contributed by atoms with Gasteiger partial charge in [0.2, 0.25) is 11.8 Å². The lowest BCUT2D eigenvalue weighted by Gasteiger charge is -2.13. The lowest BCUT2D eigenvalue weighted by molar-refractivity contribution is -0.276. The Morgan fingerprint density at radius 3 is 2.56 bits per heavy atom. The molecule has 5 nitrogen and oxygen atoms in total. The average Bonchev–Trinajstić information content (AvgIpc) is 2.25. The monoisotopic (exact) mass is 285 g/mol. The molecule has 0 unspecified atom stereocenters. The number of hydrogen-bond donors (Lipinski definition) is 1. The Morgan fingerprint density at radius 1 is 1.56 bits per heavy atom. The molecule has 18 heavy (non-hydrogen) atoms. The molecule has 0 fully saturated rings. The molecule has 0 aliphatic heterocycles. The zero-order valence-electron chi connectivity index (χ0n) is 8.92. The third kappa shape index (κ3) is 3.39. The fourth-order valence-corrected chi connectivity index (χ4v) is 1.40. The van der Waals surface area contributed by atoms with E-state index in [-0.39, 0.29) is 11.4 Å². The lowest BCUT2D eigenvalue weighted by Crippen LogP contribution is -2.20. The van der Waals surface area contributed by atoms with Crippen LogP contribution in [0.3, 0.4) is 0 Å². The molecule has 0 atom stereocenters. The second kappa shape index (κ2) is 5.30. The van der Waals surface area contributed by atoms with Crippen molar-refractivity contribution in [3.63, 3.8) is 0 Å². The van der Waals surface area contributed by atoms with E-state index >= 15 is 0 Å². The van der Waals surface area contributed by atoms with E-state index in [1.807, 2.05) is 0 Å². The molecule has 1 N–H and O–H groups in total. The van der Waals surface area contributed by atoms with Crippen LogP contribution in [0.5, 0.6) is 11.8 Å². The van der Waals surface area contributed by atoms with Crippen LogP contribution in [0, 0.1) is 0 Å². The molecule has 0 aliphatic carbocycles. The van der Waals surface area contributed by atoms with Crippen molar-refractivity contribution >= 4 is 17.6 Å². The molecule has 0 spiro atoms. The number of halogens is 4. The molecule has 0 bridgehead atoms. The van der Waals surface area contributed by atoms with Gasteiger partial charge in [-0.25, -0.2) is 4.79 Å². The number of rotatable bonds is 4. The highest BCUT2D eigenvalue weighted by Crippen LogP contribution is 2.30. The van der Waals surface area contributed by atoms with Gasteiger partial charge in [0.05, 0.1) is 18.6 Å². The van der Waals surface area contributed by atoms with E-state index in [1.54, 1.807) is 0 Å². The number of methoxy groups -OCH3 is 1. The quantitative estimate of drug-likeness (QED) is 0.861. The van der Waals surface area contributed by atoms with Crippen molar-refractivity contribution < 1.29 is 32.5 Å². The maximum atomic E-state index is 12.1. The molecular weight excluding hydrogens is 279 g/mol. The van der Waals surface area contributed by atoms with Crippen molar-refractivity contribution in [3.05, 3.63) is 17.2 Å². The van der Waals surface area contributed by atoms with Crippen LogP contribution >= 0.6 is 11.6 Å². The van der Waals surface area contributed by atoms with Crippen LogP contribution in [-0.2, 0) is 5.88 Å². The van der Waals surface area contributed by atoms with Crippen molar-refractivity contribution in [1.82, 2.24) is 4.98 Å². The molecule has 0 radical (unpaired) electrons. The first-order valence-electron chi connectivity index (χ1n) is 4.41. The van der Waals surface area contributed by atoms with Gasteiger partial charge in [-0.05, 0) is 0 Å². The molecule has 1 rings (SSSR count). The van der Waals surface area contributed by atoms with E-state index in [0.29, 0.717) is 0 Å². The first-order chi connectivity index (χ1) is 8.28. The first kappa shape index (κ1) is 14.4. The fraction of sp³-hybridized carbons (Fsp3) is 0.333. The number of aromatic nitrogens is 1. The summed E-state index contributed by atoms with van der Waals surface area (Å²) in [7, 11) is 1.13. The SMILES string of the molecule is COc1cc(C(=O)O)c(CCl)c(OC(F)(F)F)n1. The van der Waals surface area contributed by atoms with Crippen LogP contribution in [0.4, 0.5) is 13.2 Å². The van der Waals surface area contributed by atoms with E-state index < -0.39 is 29.7 Å². The minimum Gasteiger partial charge on any atom is -0.481 e. The van der Waals surface area contributed by atoms with Gasteiger partial charge in [0.1, 0.15) is 0 Å². The standard InChI is InChI=1S/C9H7ClF3NO4/c1-17-6-2-4(8(15)16)5(3-10)7(14-6)18-9(11,12)13/h2H,3H2,1H3,(H,15,16). The summed E-state index contributed by atoms with van der Waals surface area (Å²) in [6.07, 6.45) is -5.00. The highest BCUT2D eigenvalue weighted by Gasteiger charge is 2.34. The van der Waals surface area contributed by atoms with Gasteiger partial charge in [0, 0.05) is 11.6 Å². The van der Waals surface area contributed by atoms with Crippen molar-refractivity contribution in [2.75, 3.05) is 7.11 Å². The number of ether oxygens (including phenoxy) is 2. The molecule has 0 aromatic carbocycles. The third-order valence-corrected chi connectivity index (χ3v) is 2.12. The molecule has 0 aliphatic rings. The molecule has 100 valence electrons. The van der Waals surface area contributed by atoms with Crippen molar-refractivity contribution in [2.24, 2.45) is 0 Å². The summed E-state index contributed by atoms with van der Waals surface area (Å²) in [4.78, 5) is 14.3. The number of carboxylic acid groups (broad SMARTS) is 1. The molecule has 9 heteroatoms. The van der Waals surface area contributed by atoms with Gasteiger partial charge in [-0.15, -0.1) is 24.8 Å². The molecule has 0 amide bonds. The number of carboxylic acids is 1. The normalized spacial score (nSPS) is 11.2. The number of nitrogens with zero attached hydrogens (tertiary/aromatic N) is 1. The Hall–Kier alpha value is -1.70. The Balaban J connectivity index is 3.37. The molecule has 0 saturated heterocycles. The van der Waals surface area contributed by atoms with Crippen molar-refractivity contribution in [1.29, 1.82) is 0 Å². The van der Waals surface area contributed by atoms with Crippen LogP contribution in [-0.4, -0.2) is 29.5 Å². The molecule has 1 heterocycles. The number of aromatic carboxylic acids is 1. The number of pyridine rings is 1. The van der Waals surface area contributed by atoms with Gasteiger partial charge >= 0.3 is 12.3 Å². The van der Waals surface area contributed by atoms with E-state index in [0.717, 1.165) is 13.2 Å². The van der Waals surface area contributed by atoms with Crippen LogP contribution in [0.1, 0.15) is 15.9 Å². The Kier molecular flexibility index (Phi) is 4.23. The molecular formula is C9H7ClF3NO4. The number of carbonyl (C=O) groups is 1. The van der Waals surface area contributed by atoms with Gasteiger partial charge in [-0.2, -0.15) is 4.98 Å². The second-order valence-electron chi connectivity index (χ2n) is 2.98. The predicted octanol–water partition coefficient (Wildman–Crippen LogP) is 2.43. The van der Waals surface area contributed by atoms with Gasteiger partial charge in [-0.3, -0.25) is 0 Å². The number of alkyl halides is 4. The third-order valence-electron chi connectivity index (χ3n) is 1.85. The van der Waals surface area contributed by atoms with Gasteiger partial charge in [0.15, 0.2) is 0 Å². The Labute approximate surface area is 104 Å². The summed E-state index contributed by atoms with van der Waals surface area (Å²) in [6.45, 7) is 0. The maximum absolute atomic E-state index is 12.1. The fourth-order valence-electron chi connectivity index (χ4n) is 1.14. The Morgan fingerprint density at radius 2 is 2.17 bits per heavy atom. The number of hydrogen-bond acceptors (Lipinski definition) is 4. The summed E-state index contributed by atoms with van der Waals surface area (Å²) in [5.41, 5.74) is -0.835. The van der Waals surface area contributed by atoms with Crippen LogP contribution in [0.2, 0.25) is 0 Å². The summed E-state index contributed by atoms with van der Waals surface area (Å²) in [5, 5.41) is 8.86. The summed E-state index contributed by atoms with van der Waals surface area (Å²) in [5.74, 6) is -3.21. The second-order valence-corrected chi connectivity index (χ2v) is 3.25. The van der Waals surface area contributed by atoms with Crippen molar-refractivity contribution in [2.45, 2.75) is 12.2 Å². The molecule has 1 aromatic heterocycles. The molecule has 0 saturated carbocycles. The Bertz CT molecular complexity index is 464. The van der Waals surface area contributed by atoms with Gasteiger partial charge < -0.3 is 14.6 Å². The predicted molar refractivity (Wildman–Crippen MR) is 54.0 cm³/mol. The van der Waals surface area contributed by atoms with E-state index in [1.165, 1.54) is 0 Å². The van der Waals surface area contributed by atoms with Gasteiger partial charge in [-0.1, -0.05) is 0 Å². The summed E-state index contributed by atoms with van der Waals surface area (Å²) >= 11 is 5.41. The van der Waals surface area contributed by atoms with Crippen LogP contribution < -0.4 is 9.47 Å². The smallest absolute Gasteiger partial charge is 0.481 e. The summed E-state index contributed by atoms with van der Waals surface area (Å²) < 4.78 is 44.6. The largest absolute Gasteiger partial charge is 0.574 e. The average molecular weight is 286 g/mol. The minimum absolute atomic E-state index is 0.319. The van der Waals surface area contributed by atoms with E-state index in [2.05, 4.69) is 14.5 Å². The van der Waals surface area contributed by atoms with Crippen LogP contribution in [0.15, 0.2) is 6.07 Å². The summed E-state index contributed by atoms with van der Waals surface area (Å²) in [6, 6.07) is 0.962.